The van der Waals surface area contributed by atoms with E-state index >= 15 is 0 Å². The van der Waals surface area contributed by atoms with Gasteiger partial charge in [-0.25, -0.2) is 0 Å². The van der Waals surface area contributed by atoms with Gasteiger partial charge >= 0.3 is 0 Å². The van der Waals surface area contributed by atoms with Crippen LogP contribution in [0.3, 0.4) is 0 Å². The molecule has 3 heteroatoms. The second-order valence-corrected chi connectivity index (χ2v) is 6.54. The zero-order valence-electron chi connectivity index (χ0n) is 13.8. The number of rotatable bonds is 8. The molecule has 1 rings (SSSR count). The molecule has 2 N–H and O–H groups in total. The summed E-state index contributed by atoms with van der Waals surface area (Å²) in [4.78, 5) is 11.8. The predicted octanol–water partition coefficient (Wildman–Crippen LogP) is 3.09. The molecule has 0 fully saturated rings. The van der Waals surface area contributed by atoms with Crippen LogP contribution in [-0.2, 0) is 17.6 Å². The van der Waals surface area contributed by atoms with Crippen molar-refractivity contribution >= 4 is 5.91 Å². The van der Waals surface area contributed by atoms with Gasteiger partial charge in [0.1, 0.15) is 0 Å². The fourth-order valence-electron chi connectivity index (χ4n) is 2.53. The fraction of sp³-hybridized carbons (Fsp3) is 0.611. The lowest BCUT2D eigenvalue weighted by Gasteiger charge is -2.25. The highest BCUT2D eigenvalue weighted by Gasteiger charge is 2.22. The third kappa shape index (κ3) is 7.28. The molecule has 0 aliphatic rings. The van der Waals surface area contributed by atoms with Crippen molar-refractivity contribution < 1.29 is 9.90 Å². The third-order valence-electron chi connectivity index (χ3n) is 3.59. The van der Waals surface area contributed by atoms with Crippen molar-refractivity contribution in [3.05, 3.63) is 35.4 Å². The lowest BCUT2D eigenvalue weighted by atomic mass is 9.94. The number of carbonyl (C=O) groups is 1. The van der Waals surface area contributed by atoms with E-state index in [0.29, 0.717) is 25.3 Å². The van der Waals surface area contributed by atoms with Gasteiger partial charge in [-0.05, 0) is 43.2 Å². The van der Waals surface area contributed by atoms with Gasteiger partial charge in [0, 0.05) is 13.0 Å². The average Bonchev–Trinajstić information content (AvgIpc) is 2.42. The summed E-state index contributed by atoms with van der Waals surface area (Å²) in [7, 11) is 0. The number of hydrogen-bond donors (Lipinski definition) is 2. The highest BCUT2D eigenvalue weighted by atomic mass is 16.3. The van der Waals surface area contributed by atoms with Gasteiger partial charge in [0.2, 0.25) is 5.91 Å². The van der Waals surface area contributed by atoms with Gasteiger partial charge in [-0.2, -0.15) is 0 Å². The molecule has 118 valence electrons. The van der Waals surface area contributed by atoms with E-state index in [4.69, 9.17) is 0 Å². The molecule has 1 atom stereocenters. The number of carbonyl (C=O) groups excluding carboxylic acids is 1. The third-order valence-corrected chi connectivity index (χ3v) is 3.59. The molecule has 1 aromatic rings. The van der Waals surface area contributed by atoms with E-state index in [-0.39, 0.29) is 5.91 Å². The fourth-order valence-corrected chi connectivity index (χ4v) is 2.53. The molecule has 21 heavy (non-hydrogen) atoms. The Labute approximate surface area is 128 Å². The quantitative estimate of drug-likeness (QED) is 0.773. The zero-order valence-corrected chi connectivity index (χ0v) is 13.8. The van der Waals surface area contributed by atoms with E-state index in [1.165, 1.54) is 11.1 Å². The first-order valence-electron chi connectivity index (χ1n) is 7.89. The van der Waals surface area contributed by atoms with E-state index in [0.717, 1.165) is 12.8 Å². The number of benzene rings is 1. The van der Waals surface area contributed by atoms with E-state index in [9.17, 15) is 9.90 Å². The highest BCUT2D eigenvalue weighted by Crippen LogP contribution is 2.15. The molecule has 1 aromatic carbocycles. The average molecular weight is 291 g/mol. The smallest absolute Gasteiger partial charge is 0.220 e. The number of aliphatic hydroxyl groups is 1. The number of hydrogen-bond acceptors (Lipinski definition) is 2. The molecule has 0 aliphatic heterocycles. The maximum absolute atomic E-state index is 11.8. The van der Waals surface area contributed by atoms with Gasteiger partial charge in [0.15, 0.2) is 0 Å². The van der Waals surface area contributed by atoms with Crippen LogP contribution in [0.1, 0.15) is 51.7 Å². The zero-order chi connectivity index (χ0) is 15.9. The summed E-state index contributed by atoms with van der Waals surface area (Å²) in [5.41, 5.74) is 1.66. The van der Waals surface area contributed by atoms with E-state index < -0.39 is 5.60 Å². The maximum Gasteiger partial charge on any atom is 0.220 e. The van der Waals surface area contributed by atoms with Crippen LogP contribution >= 0.6 is 0 Å². The van der Waals surface area contributed by atoms with Crippen molar-refractivity contribution in [3.8, 4) is 0 Å². The van der Waals surface area contributed by atoms with Gasteiger partial charge in [0.25, 0.3) is 0 Å². The van der Waals surface area contributed by atoms with Crippen LogP contribution in [0, 0.1) is 5.92 Å². The van der Waals surface area contributed by atoms with Gasteiger partial charge in [-0.15, -0.1) is 0 Å². The molecular formula is C18H29NO2. The summed E-state index contributed by atoms with van der Waals surface area (Å²) >= 11 is 0. The van der Waals surface area contributed by atoms with Crippen LogP contribution in [0.15, 0.2) is 24.3 Å². The van der Waals surface area contributed by atoms with Gasteiger partial charge < -0.3 is 10.4 Å². The molecule has 3 nitrogen and oxygen atoms in total. The summed E-state index contributed by atoms with van der Waals surface area (Å²) in [6, 6.07) is 8.39. The van der Waals surface area contributed by atoms with E-state index in [1.807, 2.05) is 0 Å². The summed E-state index contributed by atoms with van der Waals surface area (Å²) < 4.78 is 0. The van der Waals surface area contributed by atoms with Gasteiger partial charge in [-0.1, -0.05) is 45.0 Å². The lowest BCUT2D eigenvalue weighted by molar-refractivity contribution is -0.122. The molecule has 0 aliphatic carbocycles. The minimum Gasteiger partial charge on any atom is -0.388 e. The summed E-state index contributed by atoms with van der Waals surface area (Å²) in [5.74, 6) is 0.410. The van der Waals surface area contributed by atoms with Gasteiger partial charge in [0.05, 0.1) is 5.60 Å². The first-order valence-corrected chi connectivity index (χ1v) is 7.89. The minimum atomic E-state index is -0.827. The molecule has 0 heterocycles. The van der Waals surface area contributed by atoms with Crippen molar-refractivity contribution in [2.75, 3.05) is 6.54 Å². The second-order valence-electron chi connectivity index (χ2n) is 6.54. The molecule has 0 bridgehead atoms. The number of amides is 1. The maximum atomic E-state index is 11.8. The summed E-state index contributed by atoms with van der Waals surface area (Å²) in [5, 5.41) is 13.0. The SMILES string of the molecule is CCc1ccc(CCC(=O)NCC(C)(O)CC(C)C)cc1. The summed E-state index contributed by atoms with van der Waals surface area (Å²) in [6.07, 6.45) is 2.92. The lowest BCUT2D eigenvalue weighted by Crippen LogP contribution is -2.41. The van der Waals surface area contributed by atoms with Crippen LogP contribution < -0.4 is 5.32 Å². The Balaban J connectivity index is 2.33. The Morgan fingerprint density at radius 1 is 1.24 bits per heavy atom. The number of aryl methyl sites for hydroxylation is 2. The predicted molar refractivity (Wildman–Crippen MR) is 87.2 cm³/mol. The monoisotopic (exact) mass is 291 g/mol. The van der Waals surface area contributed by atoms with Crippen LogP contribution in [-0.4, -0.2) is 23.2 Å². The first kappa shape index (κ1) is 17.7. The van der Waals surface area contributed by atoms with E-state index in [2.05, 4.69) is 50.4 Å². The Morgan fingerprint density at radius 2 is 1.81 bits per heavy atom. The molecule has 0 spiro atoms. The Hall–Kier alpha value is -1.35. The van der Waals surface area contributed by atoms with Crippen molar-refractivity contribution in [3.63, 3.8) is 0 Å². The van der Waals surface area contributed by atoms with Crippen LogP contribution in [0.2, 0.25) is 0 Å². The summed E-state index contributed by atoms with van der Waals surface area (Å²) in [6.45, 7) is 8.35. The van der Waals surface area contributed by atoms with Crippen LogP contribution in [0.5, 0.6) is 0 Å². The van der Waals surface area contributed by atoms with E-state index in [1.54, 1.807) is 6.92 Å². The Morgan fingerprint density at radius 3 is 2.33 bits per heavy atom. The van der Waals surface area contributed by atoms with Crippen LogP contribution in [0.25, 0.3) is 0 Å². The molecule has 0 saturated heterocycles. The van der Waals surface area contributed by atoms with Crippen molar-refractivity contribution in [1.29, 1.82) is 0 Å². The molecule has 0 saturated carbocycles. The molecule has 1 unspecified atom stereocenters. The number of nitrogens with one attached hydrogen (secondary N) is 1. The second kappa shape index (κ2) is 8.18. The molecule has 0 aromatic heterocycles. The molecule has 0 radical (unpaired) electrons. The molecular weight excluding hydrogens is 262 g/mol. The molecule has 1 amide bonds. The normalized spacial score (nSPS) is 14.0. The highest BCUT2D eigenvalue weighted by molar-refractivity contribution is 5.76. The minimum absolute atomic E-state index is 0.00130. The topological polar surface area (TPSA) is 49.3 Å². The first-order chi connectivity index (χ1) is 9.82. The van der Waals surface area contributed by atoms with Crippen molar-refractivity contribution in [2.45, 2.75) is 59.0 Å². The van der Waals surface area contributed by atoms with Crippen molar-refractivity contribution in [1.82, 2.24) is 5.32 Å². The largest absolute Gasteiger partial charge is 0.388 e. The van der Waals surface area contributed by atoms with Gasteiger partial charge in [-0.3, -0.25) is 4.79 Å². The van der Waals surface area contributed by atoms with Crippen LogP contribution in [0.4, 0.5) is 0 Å². The Kier molecular flexibility index (Phi) is 6.90. The Bertz CT molecular complexity index is 435. The van der Waals surface area contributed by atoms with Crippen molar-refractivity contribution in [2.24, 2.45) is 5.92 Å². The standard InChI is InChI=1S/C18H29NO2/c1-5-15-6-8-16(9-7-15)10-11-17(20)19-13-18(4,21)12-14(2)3/h6-9,14,21H,5,10-13H2,1-4H3,(H,19,20).